The van der Waals surface area contributed by atoms with Gasteiger partial charge in [-0.3, -0.25) is 0 Å². The Bertz CT molecular complexity index is 434. The van der Waals surface area contributed by atoms with Crippen molar-refractivity contribution in [2.45, 2.75) is 58.3 Å². The second-order valence-electron chi connectivity index (χ2n) is 6.53. The first-order valence-electron chi connectivity index (χ1n) is 7.16. The van der Waals surface area contributed by atoms with Gasteiger partial charge >= 0.3 is 6.18 Å². The van der Waals surface area contributed by atoms with Crippen LogP contribution in [0, 0.1) is 5.41 Å². The van der Waals surface area contributed by atoms with Crippen LogP contribution in [0.1, 0.15) is 50.7 Å². The van der Waals surface area contributed by atoms with E-state index < -0.39 is 11.7 Å². The summed E-state index contributed by atoms with van der Waals surface area (Å²) in [7, 11) is 0. The molecule has 0 aromatic heterocycles. The molecule has 1 atom stereocenters. The van der Waals surface area contributed by atoms with Crippen molar-refractivity contribution < 1.29 is 13.2 Å². The maximum atomic E-state index is 12.5. The van der Waals surface area contributed by atoms with Crippen LogP contribution in [0.5, 0.6) is 0 Å². The van der Waals surface area contributed by atoms with Crippen LogP contribution in [-0.4, -0.2) is 6.04 Å². The van der Waals surface area contributed by atoms with Crippen molar-refractivity contribution in [1.29, 1.82) is 0 Å². The second kappa shape index (κ2) is 5.76. The van der Waals surface area contributed by atoms with Gasteiger partial charge in [0.05, 0.1) is 5.56 Å². The molecule has 2 rings (SSSR count). The lowest BCUT2D eigenvalue weighted by Gasteiger charge is -2.35. The van der Waals surface area contributed by atoms with Crippen molar-refractivity contribution in [2.75, 3.05) is 0 Å². The van der Waals surface area contributed by atoms with Crippen LogP contribution < -0.4 is 5.32 Å². The Morgan fingerprint density at radius 3 is 2.40 bits per heavy atom. The number of hydrogen-bond acceptors (Lipinski definition) is 1. The minimum Gasteiger partial charge on any atom is -0.310 e. The molecule has 0 amide bonds. The van der Waals surface area contributed by atoms with Gasteiger partial charge in [0.2, 0.25) is 0 Å². The fourth-order valence-electron chi connectivity index (χ4n) is 2.95. The molecule has 1 N–H and O–H groups in total. The van der Waals surface area contributed by atoms with Crippen molar-refractivity contribution >= 4 is 0 Å². The Hall–Kier alpha value is -1.03. The third-order valence-corrected chi connectivity index (χ3v) is 4.08. The summed E-state index contributed by atoms with van der Waals surface area (Å²) in [5.74, 6) is 0. The van der Waals surface area contributed by atoms with Crippen LogP contribution >= 0.6 is 0 Å². The Kier molecular flexibility index (Phi) is 4.43. The van der Waals surface area contributed by atoms with E-state index in [-0.39, 0.29) is 0 Å². The summed E-state index contributed by atoms with van der Waals surface area (Å²) in [6.45, 7) is 5.19. The van der Waals surface area contributed by atoms with Crippen LogP contribution in [0.3, 0.4) is 0 Å². The van der Waals surface area contributed by atoms with E-state index in [1.807, 2.05) is 0 Å². The van der Waals surface area contributed by atoms with Crippen LogP contribution in [0.2, 0.25) is 0 Å². The molecule has 0 heterocycles. The zero-order valence-electron chi connectivity index (χ0n) is 12.1. The molecule has 1 aliphatic carbocycles. The Balaban J connectivity index is 1.88. The number of nitrogens with one attached hydrogen (secondary N) is 1. The summed E-state index contributed by atoms with van der Waals surface area (Å²) in [6, 6.07) is 5.90. The molecule has 0 aliphatic heterocycles. The molecule has 1 aromatic carbocycles. The first-order chi connectivity index (χ1) is 9.26. The zero-order valence-corrected chi connectivity index (χ0v) is 12.1. The van der Waals surface area contributed by atoms with Gasteiger partial charge in [0.1, 0.15) is 0 Å². The molecule has 1 fully saturated rings. The predicted octanol–water partition coefficient (Wildman–Crippen LogP) is 4.76. The van der Waals surface area contributed by atoms with Crippen molar-refractivity contribution in [3.8, 4) is 0 Å². The molecule has 1 saturated carbocycles. The molecule has 0 saturated heterocycles. The number of hydrogen-bond donors (Lipinski definition) is 1. The monoisotopic (exact) mass is 285 g/mol. The van der Waals surface area contributed by atoms with E-state index >= 15 is 0 Å². The molecule has 20 heavy (non-hydrogen) atoms. The van der Waals surface area contributed by atoms with E-state index in [2.05, 4.69) is 19.2 Å². The minimum atomic E-state index is -4.25. The number of alkyl halides is 3. The highest BCUT2D eigenvalue weighted by molar-refractivity contribution is 5.24. The topological polar surface area (TPSA) is 12.0 Å². The SMILES string of the molecule is CC1(C)CCCC(NCc2ccc(C(F)(F)F)cc2)C1. The quantitative estimate of drug-likeness (QED) is 0.844. The Morgan fingerprint density at radius 1 is 1.20 bits per heavy atom. The third-order valence-electron chi connectivity index (χ3n) is 4.08. The van der Waals surface area contributed by atoms with Crippen LogP contribution in [0.4, 0.5) is 13.2 Å². The van der Waals surface area contributed by atoms with Crippen molar-refractivity contribution in [3.63, 3.8) is 0 Å². The zero-order chi connectivity index (χ0) is 14.8. The number of halogens is 3. The van der Waals surface area contributed by atoms with Gasteiger partial charge in [-0.1, -0.05) is 32.4 Å². The number of rotatable bonds is 3. The summed E-state index contributed by atoms with van der Waals surface area (Å²) < 4.78 is 37.4. The molecule has 112 valence electrons. The Morgan fingerprint density at radius 2 is 1.85 bits per heavy atom. The van der Waals surface area contributed by atoms with Gasteiger partial charge in [-0.2, -0.15) is 13.2 Å². The normalized spacial score (nSPS) is 22.8. The molecule has 0 radical (unpaired) electrons. The van der Waals surface area contributed by atoms with Crippen molar-refractivity contribution in [1.82, 2.24) is 5.32 Å². The van der Waals surface area contributed by atoms with E-state index in [1.165, 1.54) is 12.8 Å². The Labute approximate surface area is 118 Å². The second-order valence-corrected chi connectivity index (χ2v) is 6.53. The lowest BCUT2D eigenvalue weighted by atomic mass is 9.75. The van der Waals surface area contributed by atoms with Gasteiger partial charge in [-0.25, -0.2) is 0 Å². The summed E-state index contributed by atoms with van der Waals surface area (Å²) in [4.78, 5) is 0. The average Bonchev–Trinajstić information content (AvgIpc) is 2.35. The highest BCUT2D eigenvalue weighted by Gasteiger charge is 2.30. The summed E-state index contributed by atoms with van der Waals surface area (Å²) in [5, 5.41) is 3.47. The van der Waals surface area contributed by atoms with E-state index in [1.54, 1.807) is 12.1 Å². The van der Waals surface area contributed by atoms with Crippen LogP contribution in [-0.2, 0) is 12.7 Å². The molecular formula is C16H22F3N. The fourth-order valence-corrected chi connectivity index (χ4v) is 2.95. The van der Waals surface area contributed by atoms with Gasteiger partial charge in [0.25, 0.3) is 0 Å². The van der Waals surface area contributed by atoms with Crippen molar-refractivity contribution in [2.24, 2.45) is 5.41 Å². The average molecular weight is 285 g/mol. The highest BCUT2D eigenvalue weighted by atomic mass is 19.4. The lowest BCUT2D eigenvalue weighted by molar-refractivity contribution is -0.137. The standard InChI is InChI=1S/C16H22F3N/c1-15(2)9-3-4-14(10-15)20-11-12-5-7-13(8-6-12)16(17,18)19/h5-8,14,20H,3-4,9-11H2,1-2H3. The van der Waals surface area contributed by atoms with Gasteiger partial charge in [-0.15, -0.1) is 0 Å². The van der Waals surface area contributed by atoms with Crippen LogP contribution in [0.15, 0.2) is 24.3 Å². The summed E-state index contributed by atoms with van der Waals surface area (Å²) in [5.41, 5.74) is 0.692. The largest absolute Gasteiger partial charge is 0.416 e. The van der Waals surface area contributed by atoms with E-state index in [4.69, 9.17) is 0 Å². The minimum absolute atomic E-state index is 0.371. The first-order valence-corrected chi connectivity index (χ1v) is 7.16. The van der Waals surface area contributed by atoms with E-state index in [0.717, 1.165) is 30.5 Å². The third kappa shape index (κ3) is 4.23. The molecular weight excluding hydrogens is 263 g/mol. The van der Waals surface area contributed by atoms with Gasteiger partial charge < -0.3 is 5.32 Å². The van der Waals surface area contributed by atoms with Crippen molar-refractivity contribution in [3.05, 3.63) is 35.4 Å². The van der Waals surface area contributed by atoms with Crippen LogP contribution in [0.25, 0.3) is 0 Å². The van der Waals surface area contributed by atoms with Gasteiger partial charge in [0, 0.05) is 12.6 Å². The fraction of sp³-hybridized carbons (Fsp3) is 0.625. The molecule has 4 heteroatoms. The number of benzene rings is 1. The predicted molar refractivity (Wildman–Crippen MR) is 74.3 cm³/mol. The molecule has 1 aliphatic rings. The van der Waals surface area contributed by atoms with E-state index in [0.29, 0.717) is 18.0 Å². The summed E-state index contributed by atoms with van der Waals surface area (Å²) in [6.07, 6.45) is 0.514. The summed E-state index contributed by atoms with van der Waals surface area (Å²) >= 11 is 0. The maximum Gasteiger partial charge on any atom is 0.416 e. The van der Waals surface area contributed by atoms with E-state index in [9.17, 15) is 13.2 Å². The smallest absolute Gasteiger partial charge is 0.310 e. The van der Waals surface area contributed by atoms with Gasteiger partial charge in [0.15, 0.2) is 0 Å². The van der Waals surface area contributed by atoms with Gasteiger partial charge in [-0.05, 0) is 42.4 Å². The molecule has 1 aromatic rings. The molecule has 1 unspecified atom stereocenters. The highest BCUT2D eigenvalue weighted by Crippen LogP contribution is 2.35. The lowest BCUT2D eigenvalue weighted by Crippen LogP contribution is -2.36. The molecule has 0 spiro atoms. The first kappa shape index (κ1) is 15.4. The molecule has 0 bridgehead atoms. The molecule has 1 nitrogen and oxygen atoms in total. The maximum absolute atomic E-state index is 12.5.